The van der Waals surface area contributed by atoms with Gasteiger partial charge in [-0.1, -0.05) is 0 Å². The number of hydrogen-bond acceptors (Lipinski definition) is 4. The van der Waals surface area contributed by atoms with Gasteiger partial charge in [-0.2, -0.15) is 0 Å². The second-order valence-corrected chi connectivity index (χ2v) is 3.14. The number of nitrogens with two attached hydrogens (primary N) is 2. The summed E-state index contributed by atoms with van der Waals surface area (Å²) >= 11 is 0. The zero-order chi connectivity index (χ0) is 11.4. The van der Waals surface area contributed by atoms with Crippen LogP contribution in [0.4, 0.5) is 10.1 Å². The molecule has 0 amide bonds. The van der Waals surface area contributed by atoms with Crippen LogP contribution in [0.3, 0.4) is 0 Å². The molecule has 0 aliphatic rings. The van der Waals surface area contributed by atoms with Gasteiger partial charge in [0.1, 0.15) is 5.82 Å². The second kappa shape index (κ2) is 6.37. The van der Waals surface area contributed by atoms with E-state index in [1.165, 1.54) is 0 Å². The van der Waals surface area contributed by atoms with Crippen LogP contribution in [0.2, 0.25) is 0 Å². The van der Waals surface area contributed by atoms with Crippen molar-refractivity contribution in [2.24, 2.45) is 11.5 Å². The smallest absolute Gasteiger partial charge is 0.274 e. The highest BCUT2D eigenvalue weighted by Crippen LogP contribution is 2.25. The molecule has 1 rings (SSSR count). The summed E-state index contributed by atoms with van der Waals surface area (Å²) in [7, 11) is 0. The van der Waals surface area contributed by atoms with Crippen LogP contribution in [0, 0.1) is 15.9 Å². The van der Waals surface area contributed by atoms with Gasteiger partial charge in [0.25, 0.3) is 5.69 Å². The van der Waals surface area contributed by atoms with Crippen molar-refractivity contribution >= 4 is 18.1 Å². The first-order valence-electron chi connectivity index (χ1n) is 4.45. The molecule has 7 heteroatoms. The molecule has 0 fully saturated rings. The molecule has 0 heterocycles. The molecule has 0 aliphatic carbocycles. The Kier molecular flexibility index (Phi) is 5.87. The predicted molar refractivity (Wildman–Crippen MR) is 60.9 cm³/mol. The van der Waals surface area contributed by atoms with Gasteiger partial charge in [-0.3, -0.25) is 10.1 Å². The second-order valence-electron chi connectivity index (χ2n) is 3.14. The Morgan fingerprint density at radius 3 is 2.62 bits per heavy atom. The molecular weight excluding hydrogens is 237 g/mol. The van der Waals surface area contributed by atoms with Crippen molar-refractivity contribution in [1.82, 2.24) is 0 Å². The largest absolute Gasteiger partial charge is 0.330 e. The zero-order valence-corrected chi connectivity index (χ0v) is 9.24. The third-order valence-electron chi connectivity index (χ3n) is 2.06. The Bertz CT molecular complexity index is 376. The molecule has 0 bridgehead atoms. The van der Waals surface area contributed by atoms with E-state index in [9.17, 15) is 14.5 Å². The fourth-order valence-electron chi connectivity index (χ4n) is 1.32. The molecule has 16 heavy (non-hydrogen) atoms. The first-order chi connectivity index (χ1) is 7.06. The van der Waals surface area contributed by atoms with Gasteiger partial charge in [0.2, 0.25) is 0 Å². The van der Waals surface area contributed by atoms with Crippen molar-refractivity contribution in [3.05, 3.63) is 39.7 Å². The van der Waals surface area contributed by atoms with E-state index in [-0.39, 0.29) is 23.7 Å². The summed E-state index contributed by atoms with van der Waals surface area (Å²) < 4.78 is 12.9. The highest BCUT2D eigenvalue weighted by atomic mass is 35.5. The molecule has 0 saturated carbocycles. The SMILES string of the molecule is Cl.NCC[C@H](N)c1cc(F)ccc1[N+](=O)[O-]. The minimum absolute atomic E-state index is 0. The van der Waals surface area contributed by atoms with Crippen LogP contribution in [0.1, 0.15) is 18.0 Å². The minimum atomic E-state index is -0.605. The lowest BCUT2D eigenvalue weighted by molar-refractivity contribution is -0.385. The van der Waals surface area contributed by atoms with Gasteiger partial charge in [0.05, 0.1) is 4.92 Å². The third kappa shape index (κ3) is 3.41. The Balaban J connectivity index is 0.00000225. The highest BCUT2D eigenvalue weighted by Gasteiger charge is 2.19. The molecule has 1 aromatic carbocycles. The van der Waals surface area contributed by atoms with E-state index in [1.54, 1.807) is 0 Å². The van der Waals surface area contributed by atoms with Gasteiger partial charge in [0, 0.05) is 17.7 Å². The molecule has 0 unspecified atom stereocenters. The van der Waals surface area contributed by atoms with Crippen molar-refractivity contribution in [3.63, 3.8) is 0 Å². The summed E-state index contributed by atoms with van der Waals surface area (Å²) in [4.78, 5) is 10.1. The number of nitrogens with zero attached hydrogens (tertiary/aromatic N) is 1. The van der Waals surface area contributed by atoms with Crippen LogP contribution in [0.5, 0.6) is 0 Å². The van der Waals surface area contributed by atoms with Gasteiger partial charge in [0.15, 0.2) is 0 Å². The average Bonchev–Trinajstić information content (AvgIpc) is 2.17. The van der Waals surface area contributed by atoms with Gasteiger partial charge in [-0.15, -0.1) is 12.4 Å². The lowest BCUT2D eigenvalue weighted by Crippen LogP contribution is -2.16. The summed E-state index contributed by atoms with van der Waals surface area (Å²) in [5.41, 5.74) is 11.0. The molecule has 0 saturated heterocycles. The van der Waals surface area contributed by atoms with E-state index in [1.807, 2.05) is 0 Å². The molecule has 0 aliphatic heterocycles. The van der Waals surface area contributed by atoms with Crippen LogP contribution in [-0.4, -0.2) is 11.5 Å². The molecule has 0 spiro atoms. The molecule has 0 aromatic heterocycles. The van der Waals surface area contributed by atoms with E-state index in [4.69, 9.17) is 11.5 Å². The summed E-state index contributed by atoms with van der Waals surface area (Å²) in [5, 5.41) is 10.6. The summed E-state index contributed by atoms with van der Waals surface area (Å²) in [6.07, 6.45) is 0.379. The molecule has 0 radical (unpaired) electrons. The number of nitro benzene ring substituents is 1. The van der Waals surface area contributed by atoms with E-state index in [0.29, 0.717) is 13.0 Å². The molecule has 4 N–H and O–H groups in total. The van der Waals surface area contributed by atoms with Gasteiger partial charge in [-0.25, -0.2) is 4.39 Å². The summed E-state index contributed by atoms with van der Waals surface area (Å²) in [5.74, 6) is -0.539. The van der Waals surface area contributed by atoms with Crippen molar-refractivity contribution in [2.45, 2.75) is 12.5 Å². The quantitative estimate of drug-likeness (QED) is 0.624. The van der Waals surface area contributed by atoms with Crippen LogP contribution in [-0.2, 0) is 0 Å². The predicted octanol–water partition coefficient (Wildman–Crippen LogP) is 1.50. The fraction of sp³-hybridized carbons (Fsp3) is 0.333. The lowest BCUT2D eigenvalue weighted by atomic mass is 10.0. The first kappa shape index (κ1) is 14.8. The van der Waals surface area contributed by atoms with Crippen molar-refractivity contribution in [2.75, 3.05) is 6.54 Å². The Morgan fingerprint density at radius 2 is 2.12 bits per heavy atom. The number of hydrogen-bond donors (Lipinski definition) is 2. The average molecular weight is 250 g/mol. The van der Waals surface area contributed by atoms with Crippen molar-refractivity contribution < 1.29 is 9.31 Å². The van der Waals surface area contributed by atoms with Gasteiger partial charge >= 0.3 is 0 Å². The normalized spacial score (nSPS) is 11.7. The van der Waals surface area contributed by atoms with Crippen LogP contribution in [0.15, 0.2) is 18.2 Å². The highest BCUT2D eigenvalue weighted by molar-refractivity contribution is 5.85. The third-order valence-corrected chi connectivity index (χ3v) is 2.06. The van der Waals surface area contributed by atoms with Crippen LogP contribution >= 0.6 is 12.4 Å². The van der Waals surface area contributed by atoms with Gasteiger partial charge < -0.3 is 11.5 Å². The van der Waals surface area contributed by atoms with Crippen LogP contribution < -0.4 is 11.5 Å². The van der Waals surface area contributed by atoms with E-state index < -0.39 is 16.8 Å². The maximum absolute atomic E-state index is 12.9. The van der Waals surface area contributed by atoms with E-state index >= 15 is 0 Å². The van der Waals surface area contributed by atoms with E-state index in [0.717, 1.165) is 18.2 Å². The molecule has 1 atom stereocenters. The zero-order valence-electron chi connectivity index (χ0n) is 8.43. The number of rotatable bonds is 4. The Labute approximate surface area is 98.2 Å². The monoisotopic (exact) mass is 249 g/mol. The first-order valence-corrected chi connectivity index (χ1v) is 4.45. The van der Waals surface area contributed by atoms with Crippen molar-refractivity contribution in [3.8, 4) is 0 Å². The fourth-order valence-corrected chi connectivity index (χ4v) is 1.32. The molecule has 1 aromatic rings. The maximum atomic E-state index is 12.9. The minimum Gasteiger partial charge on any atom is -0.330 e. The molecular formula is C9H13ClFN3O2. The number of halogens is 2. The Morgan fingerprint density at radius 1 is 1.50 bits per heavy atom. The van der Waals surface area contributed by atoms with Crippen LogP contribution in [0.25, 0.3) is 0 Å². The number of benzene rings is 1. The molecule has 5 nitrogen and oxygen atoms in total. The molecule has 90 valence electrons. The van der Waals surface area contributed by atoms with Crippen molar-refractivity contribution in [1.29, 1.82) is 0 Å². The lowest BCUT2D eigenvalue weighted by Gasteiger charge is -2.10. The summed E-state index contributed by atoms with van der Waals surface area (Å²) in [6, 6.07) is 2.63. The topological polar surface area (TPSA) is 95.2 Å². The van der Waals surface area contributed by atoms with E-state index in [2.05, 4.69) is 0 Å². The maximum Gasteiger partial charge on any atom is 0.274 e. The standard InChI is InChI=1S/C9H12FN3O2.ClH/c10-6-1-2-9(13(14)15)7(5-6)8(12)3-4-11;/h1-2,5,8H,3-4,11-12H2;1H/t8-;/m0./s1. The Hall–Kier alpha value is -1.24. The number of nitro groups is 1. The van der Waals surface area contributed by atoms with Gasteiger partial charge in [-0.05, 0) is 25.1 Å². The summed E-state index contributed by atoms with van der Waals surface area (Å²) in [6.45, 7) is 0.300.